The number of ether oxygens (including phenoxy) is 1. The predicted molar refractivity (Wildman–Crippen MR) is 86.3 cm³/mol. The number of carbonyl (C=O) groups excluding carboxylic acids is 2. The molecule has 8 heteroatoms. The Balaban J connectivity index is 2.07. The molecule has 0 aromatic heterocycles. The van der Waals surface area contributed by atoms with Crippen LogP contribution in [0.3, 0.4) is 0 Å². The number of hydrogen-bond donors (Lipinski definition) is 2. The van der Waals surface area contributed by atoms with E-state index in [9.17, 15) is 23.5 Å². The zero-order valence-corrected chi connectivity index (χ0v) is 14.4. The Morgan fingerprint density at radius 3 is 2.64 bits per heavy atom. The van der Waals surface area contributed by atoms with Crippen molar-refractivity contribution in [3.63, 3.8) is 0 Å². The molecule has 1 atom stereocenters. The van der Waals surface area contributed by atoms with Gasteiger partial charge in [0.25, 0.3) is 5.91 Å². The topological polar surface area (TPSA) is 78.9 Å². The summed E-state index contributed by atoms with van der Waals surface area (Å²) in [4.78, 5) is 25.5. The molecule has 0 aliphatic carbocycles. The monoisotopic (exact) mass is 356 g/mol. The summed E-state index contributed by atoms with van der Waals surface area (Å²) in [6, 6.07) is 1.31. The number of nitrogens with one attached hydrogen (secondary N) is 1. The van der Waals surface area contributed by atoms with E-state index >= 15 is 0 Å². The summed E-state index contributed by atoms with van der Waals surface area (Å²) in [5, 5.41) is 12.0. The molecule has 1 saturated heterocycles. The van der Waals surface area contributed by atoms with Crippen molar-refractivity contribution in [2.45, 2.75) is 45.3 Å². The van der Waals surface area contributed by atoms with Crippen LogP contribution in [0.2, 0.25) is 0 Å². The first-order chi connectivity index (χ1) is 11.6. The second kappa shape index (κ2) is 7.25. The van der Waals surface area contributed by atoms with E-state index in [1.807, 2.05) is 0 Å². The Bertz CT molecular complexity index is 673. The van der Waals surface area contributed by atoms with Gasteiger partial charge in [-0.1, -0.05) is 0 Å². The van der Waals surface area contributed by atoms with E-state index in [0.717, 1.165) is 12.1 Å². The molecule has 1 aliphatic rings. The fraction of sp³-hybridized carbons (Fsp3) is 0.529. The van der Waals surface area contributed by atoms with Crippen molar-refractivity contribution in [3.05, 3.63) is 29.3 Å². The maximum absolute atomic E-state index is 13.9. The largest absolute Gasteiger partial charge is 0.505 e. The SMILES string of the molecule is CC(C)(C)OC(=O)NC1CCCN(C(=O)c2c(F)ccc(O)c2F)C1. The number of likely N-dealkylation sites (tertiary alicyclic amines) is 1. The summed E-state index contributed by atoms with van der Waals surface area (Å²) < 4.78 is 32.9. The van der Waals surface area contributed by atoms with Gasteiger partial charge in [-0.05, 0) is 45.7 Å². The predicted octanol–water partition coefficient (Wildman–Crippen LogP) is 2.80. The molecule has 25 heavy (non-hydrogen) atoms. The highest BCUT2D eigenvalue weighted by atomic mass is 19.1. The third-order valence-electron chi connectivity index (χ3n) is 3.71. The lowest BCUT2D eigenvalue weighted by Crippen LogP contribution is -2.50. The fourth-order valence-electron chi connectivity index (χ4n) is 2.65. The second-order valence-corrected chi connectivity index (χ2v) is 6.99. The molecule has 1 heterocycles. The summed E-state index contributed by atoms with van der Waals surface area (Å²) in [6.45, 7) is 5.61. The van der Waals surface area contributed by atoms with Gasteiger partial charge in [0.05, 0.1) is 0 Å². The standard InChI is InChI=1S/C17H22F2N2O4/c1-17(2,3)25-16(24)20-10-5-4-8-21(9-10)15(23)13-11(18)6-7-12(22)14(13)19/h6-7,10,22H,4-5,8-9H2,1-3H3,(H,20,24). The van der Waals surface area contributed by atoms with Crippen molar-refractivity contribution in [1.82, 2.24) is 10.2 Å². The number of carbonyl (C=O) groups is 2. The van der Waals surface area contributed by atoms with Gasteiger partial charge >= 0.3 is 6.09 Å². The molecule has 0 saturated carbocycles. The van der Waals surface area contributed by atoms with E-state index in [0.29, 0.717) is 19.4 Å². The van der Waals surface area contributed by atoms with Crippen molar-refractivity contribution in [2.24, 2.45) is 0 Å². The first kappa shape index (κ1) is 19.0. The van der Waals surface area contributed by atoms with Gasteiger partial charge in [-0.25, -0.2) is 13.6 Å². The molecule has 2 rings (SSSR count). The summed E-state index contributed by atoms with van der Waals surface area (Å²) in [6.07, 6.45) is 0.573. The number of phenols is 1. The first-order valence-electron chi connectivity index (χ1n) is 8.04. The van der Waals surface area contributed by atoms with Crippen LogP contribution in [-0.4, -0.2) is 46.7 Å². The van der Waals surface area contributed by atoms with Crippen LogP contribution in [0, 0.1) is 11.6 Å². The molecule has 0 bridgehead atoms. The van der Waals surface area contributed by atoms with Gasteiger partial charge in [-0.2, -0.15) is 0 Å². The number of amides is 2. The van der Waals surface area contributed by atoms with E-state index < -0.39 is 40.5 Å². The number of phenolic OH excluding ortho intramolecular Hbond substituents is 1. The van der Waals surface area contributed by atoms with Crippen molar-refractivity contribution in [1.29, 1.82) is 0 Å². The highest BCUT2D eigenvalue weighted by Gasteiger charge is 2.30. The average Bonchev–Trinajstić information content (AvgIpc) is 2.49. The number of aromatic hydroxyl groups is 1. The Kier molecular flexibility index (Phi) is 5.49. The minimum absolute atomic E-state index is 0.104. The molecule has 1 unspecified atom stereocenters. The third-order valence-corrected chi connectivity index (χ3v) is 3.71. The van der Waals surface area contributed by atoms with E-state index in [1.165, 1.54) is 4.90 Å². The van der Waals surface area contributed by atoms with Crippen LogP contribution in [0.5, 0.6) is 5.75 Å². The van der Waals surface area contributed by atoms with Gasteiger partial charge in [-0.3, -0.25) is 4.79 Å². The third kappa shape index (κ3) is 4.80. The summed E-state index contributed by atoms with van der Waals surface area (Å²) in [7, 11) is 0. The molecule has 138 valence electrons. The van der Waals surface area contributed by atoms with Crippen molar-refractivity contribution >= 4 is 12.0 Å². The van der Waals surface area contributed by atoms with E-state index in [1.54, 1.807) is 20.8 Å². The van der Waals surface area contributed by atoms with Crippen LogP contribution in [0.15, 0.2) is 12.1 Å². The average molecular weight is 356 g/mol. The van der Waals surface area contributed by atoms with Gasteiger partial charge in [0.2, 0.25) is 0 Å². The summed E-state index contributed by atoms with van der Waals surface area (Å²) >= 11 is 0. The number of hydrogen-bond acceptors (Lipinski definition) is 4. The van der Waals surface area contributed by atoms with Crippen LogP contribution < -0.4 is 5.32 Å². The molecular formula is C17H22F2N2O4. The summed E-state index contributed by atoms with van der Waals surface area (Å²) in [5.74, 6) is -3.97. The number of alkyl carbamates (subject to hydrolysis) is 1. The molecule has 1 aromatic carbocycles. The second-order valence-electron chi connectivity index (χ2n) is 6.99. The summed E-state index contributed by atoms with van der Waals surface area (Å²) in [5.41, 5.74) is -1.44. The Hall–Kier alpha value is -2.38. The lowest BCUT2D eigenvalue weighted by Gasteiger charge is -2.33. The number of piperidine rings is 1. The fourth-order valence-corrected chi connectivity index (χ4v) is 2.65. The number of halogens is 2. The number of benzene rings is 1. The van der Waals surface area contributed by atoms with Crippen molar-refractivity contribution in [3.8, 4) is 5.75 Å². The van der Waals surface area contributed by atoms with Crippen molar-refractivity contribution < 1.29 is 28.2 Å². The van der Waals surface area contributed by atoms with E-state index in [4.69, 9.17) is 4.74 Å². The van der Waals surface area contributed by atoms with Crippen LogP contribution in [0.25, 0.3) is 0 Å². The molecule has 2 amide bonds. The Morgan fingerprint density at radius 2 is 2.00 bits per heavy atom. The number of nitrogens with zero attached hydrogens (tertiary/aromatic N) is 1. The minimum Gasteiger partial charge on any atom is -0.505 e. The zero-order valence-electron chi connectivity index (χ0n) is 14.4. The molecule has 0 spiro atoms. The lowest BCUT2D eigenvalue weighted by atomic mass is 10.0. The van der Waals surface area contributed by atoms with E-state index in [2.05, 4.69) is 5.32 Å². The quantitative estimate of drug-likeness (QED) is 0.854. The first-order valence-corrected chi connectivity index (χ1v) is 8.04. The van der Waals surface area contributed by atoms with Gasteiger partial charge < -0.3 is 20.1 Å². The molecule has 1 aromatic rings. The van der Waals surface area contributed by atoms with Crippen LogP contribution in [0.1, 0.15) is 44.0 Å². The van der Waals surface area contributed by atoms with Gasteiger partial charge in [0.15, 0.2) is 11.6 Å². The number of rotatable bonds is 2. The van der Waals surface area contributed by atoms with Gasteiger partial charge in [0, 0.05) is 19.1 Å². The van der Waals surface area contributed by atoms with Crippen molar-refractivity contribution in [2.75, 3.05) is 13.1 Å². The highest BCUT2D eigenvalue weighted by molar-refractivity contribution is 5.95. The molecular weight excluding hydrogens is 334 g/mol. The molecule has 2 N–H and O–H groups in total. The highest BCUT2D eigenvalue weighted by Crippen LogP contribution is 2.24. The lowest BCUT2D eigenvalue weighted by molar-refractivity contribution is 0.0450. The molecule has 1 aliphatic heterocycles. The Morgan fingerprint density at radius 1 is 1.32 bits per heavy atom. The minimum atomic E-state index is -1.28. The van der Waals surface area contributed by atoms with Crippen LogP contribution in [-0.2, 0) is 4.74 Å². The zero-order chi connectivity index (χ0) is 18.8. The molecule has 1 fully saturated rings. The normalized spacial score (nSPS) is 18.0. The van der Waals surface area contributed by atoms with Gasteiger partial charge in [0.1, 0.15) is 17.0 Å². The van der Waals surface area contributed by atoms with E-state index in [-0.39, 0.29) is 12.6 Å². The maximum atomic E-state index is 13.9. The van der Waals surface area contributed by atoms with Crippen LogP contribution >= 0.6 is 0 Å². The van der Waals surface area contributed by atoms with Gasteiger partial charge in [-0.15, -0.1) is 0 Å². The molecule has 6 nitrogen and oxygen atoms in total. The van der Waals surface area contributed by atoms with Crippen LogP contribution in [0.4, 0.5) is 13.6 Å². The maximum Gasteiger partial charge on any atom is 0.407 e. The Labute approximate surface area is 144 Å². The molecule has 0 radical (unpaired) electrons. The smallest absolute Gasteiger partial charge is 0.407 e.